The van der Waals surface area contributed by atoms with Gasteiger partial charge in [0.2, 0.25) is 0 Å². The van der Waals surface area contributed by atoms with Gasteiger partial charge in [0.1, 0.15) is 11.4 Å². The summed E-state index contributed by atoms with van der Waals surface area (Å²) in [6, 6.07) is 14.7. The monoisotopic (exact) mass is 532 g/mol. The van der Waals surface area contributed by atoms with Gasteiger partial charge in [-0.1, -0.05) is 29.8 Å². The van der Waals surface area contributed by atoms with Gasteiger partial charge in [-0.15, -0.1) is 0 Å². The van der Waals surface area contributed by atoms with E-state index in [1.54, 1.807) is 27.9 Å². The Bertz CT molecular complexity index is 1320. The standard InChI is InChI=1S/C31H37FN4O3/c1-21-5-7-22(8-6-21)24-15-18-35(20-24)29(37)27-19-33-36(26-11-9-25(32)10-12-26)28(27)23-13-16-34(17-14-23)30(38)39-31(2,3)4/h5-12,19,23-24H,13-18,20H2,1-4H3. The number of likely N-dealkylation sites (tertiary alicyclic amines) is 2. The van der Waals surface area contributed by atoms with E-state index < -0.39 is 5.60 Å². The molecule has 2 aromatic carbocycles. The molecule has 2 saturated heterocycles. The fraction of sp³-hybridized carbons (Fsp3) is 0.452. The molecule has 0 aliphatic carbocycles. The molecule has 1 unspecified atom stereocenters. The fourth-order valence-electron chi connectivity index (χ4n) is 5.59. The molecular formula is C31H37FN4O3. The minimum atomic E-state index is -0.555. The van der Waals surface area contributed by atoms with Crippen LogP contribution in [0, 0.1) is 12.7 Å². The predicted octanol–water partition coefficient (Wildman–Crippen LogP) is 6.06. The van der Waals surface area contributed by atoms with Crippen LogP contribution in [0.25, 0.3) is 5.69 Å². The van der Waals surface area contributed by atoms with Crippen molar-refractivity contribution in [3.63, 3.8) is 0 Å². The summed E-state index contributed by atoms with van der Waals surface area (Å²) in [5.41, 5.74) is 4.04. The number of carbonyl (C=O) groups is 2. The summed E-state index contributed by atoms with van der Waals surface area (Å²) < 4.78 is 21.0. The van der Waals surface area contributed by atoms with Crippen molar-refractivity contribution in [3.05, 3.63) is 82.9 Å². The first kappa shape index (κ1) is 26.9. The second-order valence-electron chi connectivity index (χ2n) is 11.7. The van der Waals surface area contributed by atoms with E-state index in [-0.39, 0.29) is 23.7 Å². The SMILES string of the molecule is Cc1ccc(C2CCN(C(=O)c3cnn(-c4ccc(F)cc4)c3C3CCN(C(=O)OC(C)(C)C)CC3)C2)cc1. The molecule has 1 aromatic heterocycles. The molecule has 1 atom stereocenters. The Labute approximate surface area is 229 Å². The van der Waals surface area contributed by atoms with Gasteiger partial charge in [0.05, 0.1) is 23.1 Å². The zero-order valence-electron chi connectivity index (χ0n) is 23.2. The summed E-state index contributed by atoms with van der Waals surface area (Å²) in [5, 5.41) is 4.61. The molecule has 206 valence electrons. The van der Waals surface area contributed by atoms with Gasteiger partial charge in [0.25, 0.3) is 5.91 Å². The molecule has 0 N–H and O–H groups in total. The van der Waals surface area contributed by atoms with Crippen LogP contribution < -0.4 is 0 Å². The summed E-state index contributed by atoms with van der Waals surface area (Å²) in [6.07, 6.45) is 3.62. The Morgan fingerprint density at radius 2 is 1.51 bits per heavy atom. The highest BCUT2D eigenvalue weighted by atomic mass is 19.1. The zero-order valence-corrected chi connectivity index (χ0v) is 23.2. The maximum Gasteiger partial charge on any atom is 0.410 e. The van der Waals surface area contributed by atoms with Crippen molar-refractivity contribution < 1.29 is 18.7 Å². The minimum absolute atomic E-state index is 0.0192. The molecule has 7 nitrogen and oxygen atoms in total. The Morgan fingerprint density at radius 3 is 2.15 bits per heavy atom. The van der Waals surface area contributed by atoms with Crippen LogP contribution in [0.5, 0.6) is 0 Å². The Hall–Kier alpha value is -3.68. The van der Waals surface area contributed by atoms with Crippen LogP contribution in [0.4, 0.5) is 9.18 Å². The Kier molecular flexibility index (Phi) is 7.47. The largest absolute Gasteiger partial charge is 0.444 e. The molecule has 3 aromatic rings. The number of amides is 2. The van der Waals surface area contributed by atoms with Crippen molar-refractivity contribution in [1.29, 1.82) is 0 Å². The lowest BCUT2D eigenvalue weighted by atomic mass is 9.90. The lowest BCUT2D eigenvalue weighted by Crippen LogP contribution is -2.41. The number of hydrogen-bond acceptors (Lipinski definition) is 4. The molecular weight excluding hydrogens is 495 g/mol. The number of carbonyl (C=O) groups excluding carboxylic acids is 2. The van der Waals surface area contributed by atoms with Gasteiger partial charge in [-0.3, -0.25) is 4.79 Å². The van der Waals surface area contributed by atoms with E-state index in [9.17, 15) is 14.0 Å². The molecule has 0 saturated carbocycles. The third kappa shape index (κ3) is 6.00. The molecule has 5 rings (SSSR count). The number of aryl methyl sites for hydroxylation is 1. The van der Waals surface area contributed by atoms with Gasteiger partial charge in [-0.2, -0.15) is 5.10 Å². The van der Waals surface area contributed by atoms with E-state index in [1.165, 1.54) is 23.3 Å². The van der Waals surface area contributed by atoms with Crippen LogP contribution in [0.3, 0.4) is 0 Å². The third-order valence-electron chi connectivity index (χ3n) is 7.67. The summed E-state index contributed by atoms with van der Waals surface area (Å²) in [5.74, 6) is -0.0240. The number of nitrogens with zero attached hydrogens (tertiary/aromatic N) is 4. The van der Waals surface area contributed by atoms with Crippen molar-refractivity contribution >= 4 is 12.0 Å². The van der Waals surface area contributed by atoms with Gasteiger partial charge < -0.3 is 14.5 Å². The molecule has 2 aliphatic heterocycles. The van der Waals surface area contributed by atoms with Gasteiger partial charge in [-0.05, 0) is 76.8 Å². The van der Waals surface area contributed by atoms with Crippen molar-refractivity contribution in [2.24, 2.45) is 0 Å². The van der Waals surface area contributed by atoms with E-state index >= 15 is 0 Å². The van der Waals surface area contributed by atoms with E-state index in [4.69, 9.17) is 4.74 Å². The molecule has 3 heterocycles. The van der Waals surface area contributed by atoms with E-state index in [0.717, 1.165) is 12.1 Å². The molecule has 0 bridgehead atoms. The highest BCUT2D eigenvalue weighted by Gasteiger charge is 2.35. The van der Waals surface area contributed by atoms with E-state index in [1.807, 2.05) is 25.7 Å². The first-order chi connectivity index (χ1) is 18.6. The van der Waals surface area contributed by atoms with Gasteiger partial charge in [-0.25, -0.2) is 13.9 Å². The summed E-state index contributed by atoms with van der Waals surface area (Å²) >= 11 is 0. The molecule has 2 aliphatic rings. The number of halogens is 1. The van der Waals surface area contributed by atoms with Crippen LogP contribution in [0.1, 0.15) is 79.0 Å². The van der Waals surface area contributed by atoms with Crippen LogP contribution in [-0.2, 0) is 4.74 Å². The second kappa shape index (κ2) is 10.8. The van der Waals surface area contributed by atoms with Crippen LogP contribution in [-0.4, -0.2) is 63.4 Å². The number of rotatable bonds is 4. The fourth-order valence-corrected chi connectivity index (χ4v) is 5.59. The van der Waals surface area contributed by atoms with Gasteiger partial charge in [0, 0.05) is 38.0 Å². The minimum Gasteiger partial charge on any atom is -0.444 e. The first-order valence-corrected chi connectivity index (χ1v) is 13.8. The van der Waals surface area contributed by atoms with Crippen LogP contribution >= 0.6 is 0 Å². The van der Waals surface area contributed by atoms with Crippen LogP contribution in [0.15, 0.2) is 54.7 Å². The number of piperidine rings is 1. The van der Waals surface area contributed by atoms with Gasteiger partial charge in [0.15, 0.2) is 0 Å². The van der Waals surface area contributed by atoms with E-state index in [2.05, 4.69) is 36.3 Å². The van der Waals surface area contributed by atoms with Crippen molar-refractivity contribution in [2.75, 3.05) is 26.2 Å². The van der Waals surface area contributed by atoms with Crippen molar-refractivity contribution in [1.82, 2.24) is 19.6 Å². The number of ether oxygens (including phenoxy) is 1. The number of hydrogen-bond donors (Lipinski definition) is 0. The quantitative estimate of drug-likeness (QED) is 0.409. The number of aromatic nitrogens is 2. The first-order valence-electron chi connectivity index (χ1n) is 13.8. The van der Waals surface area contributed by atoms with E-state index in [0.29, 0.717) is 56.2 Å². The Morgan fingerprint density at radius 1 is 0.897 bits per heavy atom. The molecule has 0 spiro atoms. The number of benzene rings is 2. The second-order valence-corrected chi connectivity index (χ2v) is 11.7. The highest BCUT2D eigenvalue weighted by Crippen LogP contribution is 2.35. The molecule has 8 heteroatoms. The third-order valence-corrected chi connectivity index (χ3v) is 7.67. The molecule has 0 radical (unpaired) electrons. The highest BCUT2D eigenvalue weighted by molar-refractivity contribution is 5.95. The summed E-state index contributed by atoms with van der Waals surface area (Å²) in [4.78, 5) is 30.2. The molecule has 2 fully saturated rings. The van der Waals surface area contributed by atoms with Crippen molar-refractivity contribution in [2.45, 2.75) is 64.4 Å². The smallest absolute Gasteiger partial charge is 0.410 e. The normalized spacial score (nSPS) is 18.4. The van der Waals surface area contributed by atoms with Crippen LogP contribution in [0.2, 0.25) is 0 Å². The van der Waals surface area contributed by atoms with Crippen molar-refractivity contribution in [3.8, 4) is 5.69 Å². The predicted molar refractivity (Wildman–Crippen MR) is 148 cm³/mol. The summed E-state index contributed by atoms with van der Waals surface area (Å²) in [6.45, 7) is 10.1. The average molecular weight is 533 g/mol. The molecule has 39 heavy (non-hydrogen) atoms. The molecule has 2 amide bonds. The average Bonchev–Trinajstić information content (AvgIpc) is 3.57. The topological polar surface area (TPSA) is 67.7 Å². The zero-order chi connectivity index (χ0) is 27.7. The summed E-state index contributed by atoms with van der Waals surface area (Å²) in [7, 11) is 0. The lowest BCUT2D eigenvalue weighted by Gasteiger charge is -2.34. The van der Waals surface area contributed by atoms with Gasteiger partial charge >= 0.3 is 6.09 Å². The lowest BCUT2D eigenvalue weighted by molar-refractivity contribution is 0.0203. The Balaban J connectivity index is 1.39. The maximum absolute atomic E-state index is 13.9. The maximum atomic E-state index is 13.9.